The van der Waals surface area contributed by atoms with Crippen molar-refractivity contribution in [2.45, 2.75) is 32.7 Å². The van der Waals surface area contributed by atoms with Gasteiger partial charge >= 0.3 is 0 Å². The number of amides is 1. The van der Waals surface area contributed by atoms with Crippen LogP contribution in [0.3, 0.4) is 0 Å². The molecule has 0 saturated heterocycles. The van der Waals surface area contributed by atoms with E-state index in [1.165, 1.54) is 5.56 Å². The largest absolute Gasteiger partial charge is 0.329 e. The molecule has 3 aromatic rings. The van der Waals surface area contributed by atoms with Crippen LogP contribution in [-0.4, -0.2) is 27.1 Å². The van der Waals surface area contributed by atoms with Crippen LogP contribution in [0.25, 0.3) is 5.69 Å². The standard InChI is InChI=1S/C25H24N4O/c1-3-15-28(17-20-11-9-19(16-26)10-12-20)25(30)24-22-5-4-6-23(22)29(27-24)21-13-7-18(2)8-14-21/h3,7-14H,1,4-6,15,17H2,2H3. The van der Waals surface area contributed by atoms with Crippen LogP contribution in [0.5, 0.6) is 0 Å². The van der Waals surface area contributed by atoms with Crippen molar-refractivity contribution >= 4 is 5.91 Å². The quantitative estimate of drug-likeness (QED) is 0.581. The molecule has 5 nitrogen and oxygen atoms in total. The van der Waals surface area contributed by atoms with E-state index >= 15 is 0 Å². The second-order valence-electron chi connectivity index (χ2n) is 7.66. The molecule has 0 spiro atoms. The number of carbonyl (C=O) groups is 1. The van der Waals surface area contributed by atoms with Crippen LogP contribution in [0, 0.1) is 18.3 Å². The number of aromatic nitrogens is 2. The third-order valence-electron chi connectivity index (χ3n) is 5.50. The maximum atomic E-state index is 13.5. The highest BCUT2D eigenvalue weighted by molar-refractivity contribution is 5.94. The predicted molar refractivity (Wildman–Crippen MR) is 116 cm³/mol. The van der Waals surface area contributed by atoms with Crippen molar-refractivity contribution in [2.24, 2.45) is 0 Å². The summed E-state index contributed by atoms with van der Waals surface area (Å²) < 4.78 is 1.93. The fourth-order valence-electron chi connectivity index (χ4n) is 3.94. The van der Waals surface area contributed by atoms with Gasteiger partial charge in [0.1, 0.15) is 0 Å². The molecule has 1 aliphatic rings. The molecule has 0 radical (unpaired) electrons. The van der Waals surface area contributed by atoms with E-state index in [1.54, 1.807) is 23.1 Å². The highest BCUT2D eigenvalue weighted by atomic mass is 16.2. The number of aryl methyl sites for hydroxylation is 1. The van der Waals surface area contributed by atoms with E-state index in [2.05, 4.69) is 31.7 Å². The summed E-state index contributed by atoms with van der Waals surface area (Å²) in [6, 6.07) is 17.7. The Bertz CT molecular complexity index is 1120. The Labute approximate surface area is 176 Å². The van der Waals surface area contributed by atoms with Gasteiger partial charge in [-0.25, -0.2) is 4.68 Å². The minimum Gasteiger partial charge on any atom is -0.329 e. The lowest BCUT2D eigenvalue weighted by atomic mass is 10.1. The van der Waals surface area contributed by atoms with Crippen LogP contribution in [0.1, 0.15) is 44.9 Å². The van der Waals surface area contributed by atoms with Gasteiger partial charge < -0.3 is 4.90 Å². The fourth-order valence-corrected chi connectivity index (χ4v) is 3.94. The molecular weight excluding hydrogens is 372 g/mol. The molecule has 1 heterocycles. The zero-order valence-electron chi connectivity index (χ0n) is 17.1. The van der Waals surface area contributed by atoms with E-state index < -0.39 is 0 Å². The monoisotopic (exact) mass is 396 g/mol. The molecule has 4 rings (SSSR count). The first-order chi connectivity index (χ1) is 14.6. The molecule has 0 N–H and O–H groups in total. The average molecular weight is 396 g/mol. The van der Waals surface area contributed by atoms with E-state index in [0.717, 1.165) is 41.8 Å². The highest BCUT2D eigenvalue weighted by Gasteiger charge is 2.29. The van der Waals surface area contributed by atoms with Crippen molar-refractivity contribution < 1.29 is 4.79 Å². The second-order valence-corrected chi connectivity index (χ2v) is 7.66. The molecule has 0 unspecified atom stereocenters. The summed E-state index contributed by atoms with van der Waals surface area (Å²) in [6.45, 7) is 6.76. The van der Waals surface area contributed by atoms with E-state index in [4.69, 9.17) is 10.4 Å². The average Bonchev–Trinajstić information content (AvgIpc) is 3.37. The van der Waals surface area contributed by atoms with Crippen LogP contribution in [0.4, 0.5) is 0 Å². The summed E-state index contributed by atoms with van der Waals surface area (Å²) in [5.41, 5.74) is 6.50. The van der Waals surface area contributed by atoms with Crippen molar-refractivity contribution in [3.05, 3.63) is 94.8 Å². The third-order valence-corrected chi connectivity index (χ3v) is 5.50. The zero-order valence-corrected chi connectivity index (χ0v) is 17.1. The van der Waals surface area contributed by atoms with E-state index in [-0.39, 0.29) is 5.91 Å². The van der Waals surface area contributed by atoms with E-state index in [9.17, 15) is 4.79 Å². The topological polar surface area (TPSA) is 61.9 Å². The number of hydrogen-bond acceptors (Lipinski definition) is 3. The van der Waals surface area contributed by atoms with Crippen molar-refractivity contribution in [3.8, 4) is 11.8 Å². The minimum absolute atomic E-state index is 0.0803. The van der Waals surface area contributed by atoms with Crippen molar-refractivity contribution in [2.75, 3.05) is 6.54 Å². The number of fused-ring (bicyclic) bond motifs is 1. The number of hydrogen-bond donors (Lipinski definition) is 0. The molecule has 0 aliphatic heterocycles. The molecule has 2 aromatic carbocycles. The molecule has 0 atom stereocenters. The number of benzene rings is 2. The smallest absolute Gasteiger partial charge is 0.275 e. The first-order valence-electron chi connectivity index (χ1n) is 10.2. The Balaban J connectivity index is 1.66. The lowest BCUT2D eigenvalue weighted by Crippen LogP contribution is -2.31. The van der Waals surface area contributed by atoms with Gasteiger partial charge in [-0.2, -0.15) is 10.4 Å². The summed E-state index contributed by atoms with van der Waals surface area (Å²) in [6.07, 6.45) is 4.58. The summed E-state index contributed by atoms with van der Waals surface area (Å²) >= 11 is 0. The maximum Gasteiger partial charge on any atom is 0.275 e. The Morgan fingerprint density at radius 1 is 1.20 bits per heavy atom. The Hall–Kier alpha value is -3.65. The predicted octanol–water partition coefficient (Wildman–Crippen LogP) is 4.37. The zero-order chi connectivity index (χ0) is 21.1. The number of nitrogens with zero attached hydrogens (tertiary/aromatic N) is 4. The van der Waals surface area contributed by atoms with Crippen LogP contribution in [0.2, 0.25) is 0 Å². The molecule has 5 heteroatoms. The summed E-state index contributed by atoms with van der Waals surface area (Å²) in [4.78, 5) is 15.2. The van der Waals surface area contributed by atoms with Gasteiger partial charge in [-0.05, 0) is 56.0 Å². The highest BCUT2D eigenvalue weighted by Crippen LogP contribution is 2.29. The Morgan fingerprint density at radius 2 is 1.93 bits per heavy atom. The van der Waals surface area contributed by atoms with Gasteiger partial charge in [0.25, 0.3) is 5.91 Å². The number of carbonyl (C=O) groups excluding carboxylic acids is 1. The van der Waals surface area contributed by atoms with Gasteiger partial charge in [-0.3, -0.25) is 4.79 Å². The summed E-state index contributed by atoms with van der Waals surface area (Å²) in [7, 11) is 0. The number of rotatable bonds is 6. The third kappa shape index (κ3) is 3.77. The molecular formula is C25H24N4O. The van der Waals surface area contributed by atoms with Gasteiger partial charge in [-0.1, -0.05) is 35.9 Å². The molecule has 1 amide bonds. The van der Waals surface area contributed by atoms with E-state index in [1.807, 2.05) is 28.9 Å². The van der Waals surface area contributed by atoms with Crippen molar-refractivity contribution in [1.29, 1.82) is 5.26 Å². The molecule has 1 aromatic heterocycles. The van der Waals surface area contributed by atoms with Crippen molar-refractivity contribution in [3.63, 3.8) is 0 Å². The lowest BCUT2D eigenvalue weighted by Gasteiger charge is -2.21. The fraction of sp³-hybridized carbons (Fsp3) is 0.240. The first kappa shape index (κ1) is 19.7. The van der Waals surface area contributed by atoms with Gasteiger partial charge in [0, 0.05) is 24.3 Å². The molecule has 1 aliphatic carbocycles. The molecule has 0 bridgehead atoms. The van der Waals surface area contributed by atoms with Crippen LogP contribution in [-0.2, 0) is 19.4 Å². The molecule has 0 fully saturated rings. The van der Waals surface area contributed by atoms with Gasteiger partial charge in [0.15, 0.2) is 5.69 Å². The summed E-state index contributed by atoms with van der Waals surface area (Å²) in [5.74, 6) is -0.0803. The Kier molecular flexibility index (Phi) is 5.49. The van der Waals surface area contributed by atoms with Gasteiger partial charge in [0.2, 0.25) is 0 Å². The molecule has 0 saturated carbocycles. The maximum absolute atomic E-state index is 13.5. The molecule has 150 valence electrons. The second kappa shape index (κ2) is 8.38. The first-order valence-corrected chi connectivity index (χ1v) is 10.2. The SMILES string of the molecule is C=CCN(Cc1ccc(C#N)cc1)C(=O)c1nn(-c2ccc(C)cc2)c2c1CCC2. The van der Waals surface area contributed by atoms with Crippen LogP contribution in [0.15, 0.2) is 61.2 Å². The van der Waals surface area contributed by atoms with Crippen LogP contribution < -0.4 is 0 Å². The summed E-state index contributed by atoms with van der Waals surface area (Å²) in [5, 5.41) is 13.7. The van der Waals surface area contributed by atoms with Gasteiger partial charge in [-0.15, -0.1) is 6.58 Å². The number of nitriles is 1. The van der Waals surface area contributed by atoms with E-state index in [0.29, 0.717) is 24.3 Å². The molecule has 30 heavy (non-hydrogen) atoms. The van der Waals surface area contributed by atoms with Gasteiger partial charge in [0.05, 0.1) is 17.3 Å². The Morgan fingerprint density at radius 3 is 2.60 bits per heavy atom. The van der Waals surface area contributed by atoms with Crippen LogP contribution >= 0.6 is 0 Å². The van der Waals surface area contributed by atoms with Crippen molar-refractivity contribution in [1.82, 2.24) is 14.7 Å². The minimum atomic E-state index is -0.0803. The normalized spacial score (nSPS) is 12.3. The lowest BCUT2D eigenvalue weighted by molar-refractivity contribution is 0.0755.